The lowest BCUT2D eigenvalue weighted by atomic mass is 10.0. The monoisotopic (exact) mass is 461 g/mol. The van der Waals surface area contributed by atoms with Gasteiger partial charge in [-0.25, -0.2) is 4.98 Å². The molecule has 10 heteroatoms. The number of rotatable bonds is 4. The van der Waals surface area contributed by atoms with E-state index in [-0.39, 0.29) is 12.4 Å². The largest absolute Gasteiger partial charge is 0.489 e. The minimum Gasteiger partial charge on any atom is -0.489 e. The van der Waals surface area contributed by atoms with E-state index in [1.54, 1.807) is 7.05 Å². The molecule has 2 N–H and O–H groups in total. The van der Waals surface area contributed by atoms with Crippen LogP contribution in [0.3, 0.4) is 0 Å². The van der Waals surface area contributed by atoms with Crippen LogP contribution >= 0.6 is 11.3 Å². The number of likely N-dealkylation sites (tertiary alicyclic amines) is 1. The van der Waals surface area contributed by atoms with Crippen molar-refractivity contribution in [3.63, 3.8) is 0 Å². The van der Waals surface area contributed by atoms with Gasteiger partial charge in [-0.3, -0.25) is 9.59 Å². The van der Waals surface area contributed by atoms with Crippen molar-refractivity contribution >= 4 is 40.2 Å². The SMILES string of the molecule is CNC(=O)c1sc(N2CCOc3cc(N(C)C4CCN(C)CC4)ccc32)nc1C.O=CO. The van der Waals surface area contributed by atoms with Gasteiger partial charge in [0.25, 0.3) is 12.4 Å². The van der Waals surface area contributed by atoms with E-state index >= 15 is 0 Å². The first-order chi connectivity index (χ1) is 15.4. The summed E-state index contributed by atoms with van der Waals surface area (Å²) in [6.07, 6.45) is 2.36. The van der Waals surface area contributed by atoms with E-state index in [2.05, 4.69) is 57.3 Å². The third-order valence-electron chi connectivity index (χ3n) is 5.90. The summed E-state index contributed by atoms with van der Waals surface area (Å²) >= 11 is 1.43. The maximum atomic E-state index is 12.1. The lowest BCUT2D eigenvalue weighted by molar-refractivity contribution is -0.122. The molecule has 4 rings (SSSR count). The van der Waals surface area contributed by atoms with Crippen molar-refractivity contribution in [2.75, 3.05) is 57.2 Å². The van der Waals surface area contributed by atoms with Gasteiger partial charge in [-0.2, -0.15) is 0 Å². The topological polar surface area (TPSA) is 98.2 Å². The number of carboxylic acid groups (broad SMARTS) is 1. The van der Waals surface area contributed by atoms with Crippen LogP contribution < -0.4 is 19.9 Å². The second-order valence-corrected chi connectivity index (χ2v) is 8.87. The molecule has 9 nitrogen and oxygen atoms in total. The second kappa shape index (κ2) is 10.6. The summed E-state index contributed by atoms with van der Waals surface area (Å²) in [5.41, 5.74) is 2.95. The Labute approximate surface area is 192 Å². The summed E-state index contributed by atoms with van der Waals surface area (Å²) < 4.78 is 6.00. The minimum atomic E-state index is -0.250. The number of carbonyl (C=O) groups is 2. The summed E-state index contributed by atoms with van der Waals surface area (Å²) in [6, 6.07) is 6.98. The minimum absolute atomic E-state index is 0.0881. The van der Waals surface area contributed by atoms with Gasteiger partial charge in [-0.05, 0) is 52.0 Å². The van der Waals surface area contributed by atoms with Crippen molar-refractivity contribution in [3.8, 4) is 5.75 Å². The molecule has 2 aromatic rings. The number of anilines is 3. The number of ether oxygens (including phenoxy) is 1. The van der Waals surface area contributed by atoms with E-state index in [0.29, 0.717) is 17.5 Å². The van der Waals surface area contributed by atoms with E-state index < -0.39 is 0 Å². The molecule has 1 aromatic heterocycles. The summed E-state index contributed by atoms with van der Waals surface area (Å²) in [4.78, 5) is 32.7. The zero-order valence-corrected chi connectivity index (χ0v) is 19.8. The molecule has 174 valence electrons. The predicted octanol–water partition coefficient (Wildman–Crippen LogP) is 2.57. The van der Waals surface area contributed by atoms with Crippen molar-refractivity contribution in [2.24, 2.45) is 0 Å². The standard InChI is InChI=1S/C21H29N5O2S.CH2O2/c1-14-19(20(27)22-2)29-21(23-14)26-11-12-28-18-13-16(5-6-17(18)26)25(4)15-7-9-24(3)10-8-15;2-1-3/h5-6,13,15H,7-12H2,1-4H3,(H,22,27);1H,(H,2,3). The Morgan fingerprint density at radius 3 is 2.69 bits per heavy atom. The van der Waals surface area contributed by atoms with Crippen LogP contribution in [0.25, 0.3) is 0 Å². The Bertz CT molecular complexity index is 942. The number of carbonyl (C=O) groups excluding carboxylic acids is 1. The van der Waals surface area contributed by atoms with Gasteiger partial charge in [0.1, 0.15) is 17.2 Å². The van der Waals surface area contributed by atoms with Crippen LogP contribution in [0.5, 0.6) is 5.75 Å². The maximum Gasteiger partial charge on any atom is 0.290 e. The molecule has 0 spiro atoms. The van der Waals surface area contributed by atoms with E-state index in [4.69, 9.17) is 14.6 Å². The Balaban J connectivity index is 0.000000913. The highest BCUT2D eigenvalue weighted by atomic mass is 32.1. The van der Waals surface area contributed by atoms with Gasteiger partial charge in [0.15, 0.2) is 5.13 Å². The molecule has 32 heavy (non-hydrogen) atoms. The van der Waals surface area contributed by atoms with E-state index in [1.807, 2.05) is 6.92 Å². The second-order valence-electron chi connectivity index (χ2n) is 7.89. The highest BCUT2D eigenvalue weighted by Gasteiger charge is 2.26. The molecule has 0 unspecified atom stereocenters. The van der Waals surface area contributed by atoms with Gasteiger partial charge < -0.3 is 29.9 Å². The molecule has 2 aliphatic heterocycles. The lowest BCUT2D eigenvalue weighted by Crippen LogP contribution is -2.42. The van der Waals surface area contributed by atoms with Gasteiger partial charge >= 0.3 is 0 Å². The van der Waals surface area contributed by atoms with Gasteiger partial charge in [-0.1, -0.05) is 11.3 Å². The number of nitrogens with one attached hydrogen (secondary N) is 1. The molecular weight excluding hydrogens is 430 g/mol. The Hall–Kier alpha value is -2.85. The van der Waals surface area contributed by atoms with Crippen LogP contribution in [0, 0.1) is 6.92 Å². The molecule has 1 fully saturated rings. The number of hydrogen-bond donors (Lipinski definition) is 2. The molecule has 0 radical (unpaired) electrons. The number of benzene rings is 1. The highest BCUT2D eigenvalue weighted by Crippen LogP contribution is 2.41. The summed E-state index contributed by atoms with van der Waals surface area (Å²) in [5, 5.41) is 10.4. The molecule has 2 aliphatic rings. The fourth-order valence-corrected chi connectivity index (χ4v) is 5.09. The third kappa shape index (κ3) is 5.13. The molecule has 1 amide bonds. The molecule has 0 atom stereocenters. The van der Waals surface area contributed by atoms with Crippen LogP contribution in [-0.4, -0.2) is 80.8 Å². The maximum absolute atomic E-state index is 12.1. The average Bonchev–Trinajstić information content (AvgIpc) is 3.19. The molecule has 0 aliphatic carbocycles. The molecule has 0 saturated carbocycles. The molecule has 3 heterocycles. The fourth-order valence-electron chi connectivity index (χ4n) is 4.04. The number of aryl methyl sites for hydroxylation is 1. The first-order valence-corrected chi connectivity index (χ1v) is 11.4. The Kier molecular flexibility index (Phi) is 7.92. The number of nitrogens with zero attached hydrogens (tertiary/aromatic N) is 4. The smallest absolute Gasteiger partial charge is 0.290 e. The van der Waals surface area contributed by atoms with Crippen molar-refractivity contribution in [1.29, 1.82) is 0 Å². The number of aromatic nitrogens is 1. The van der Waals surface area contributed by atoms with Crippen LogP contribution in [0.2, 0.25) is 0 Å². The van der Waals surface area contributed by atoms with Gasteiger partial charge in [0, 0.05) is 31.9 Å². The zero-order chi connectivity index (χ0) is 23.3. The summed E-state index contributed by atoms with van der Waals surface area (Å²) in [5.74, 6) is 0.790. The molecule has 1 aromatic carbocycles. The lowest BCUT2D eigenvalue weighted by Gasteiger charge is -2.37. The summed E-state index contributed by atoms with van der Waals surface area (Å²) in [6.45, 7) is 5.23. The first kappa shape index (κ1) is 23.8. The average molecular weight is 462 g/mol. The van der Waals surface area contributed by atoms with Crippen LogP contribution in [0.4, 0.5) is 16.5 Å². The van der Waals surface area contributed by atoms with Gasteiger partial charge in [-0.15, -0.1) is 0 Å². The first-order valence-electron chi connectivity index (χ1n) is 10.6. The fraction of sp³-hybridized carbons (Fsp3) is 0.500. The normalized spacial score (nSPS) is 16.3. The number of fused-ring (bicyclic) bond motifs is 1. The number of amides is 1. The quantitative estimate of drug-likeness (QED) is 0.671. The van der Waals surface area contributed by atoms with Crippen molar-refractivity contribution < 1.29 is 19.4 Å². The number of piperidine rings is 1. The molecule has 0 bridgehead atoms. The third-order valence-corrected chi connectivity index (χ3v) is 7.08. The van der Waals surface area contributed by atoms with E-state index in [1.165, 1.54) is 29.9 Å². The Morgan fingerprint density at radius 2 is 2.03 bits per heavy atom. The van der Waals surface area contributed by atoms with E-state index in [0.717, 1.165) is 41.9 Å². The molecular formula is C22H31N5O4S. The van der Waals surface area contributed by atoms with E-state index in [9.17, 15) is 4.79 Å². The summed E-state index contributed by atoms with van der Waals surface area (Å²) in [7, 11) is 6.01. The predicted molar refractivity (Wildman–Crippen MR) is 127 cm³/mol. The van der Waals surface area contributed by atoms with Crippen molar-refractivity contribution in [1.82, 2.24) is 15.2 Å². The molecule has 1 saturated heterocycles. The number of hydrogen-bond acceptors (Lipinski definition) is 8. The van der Waals surface area contributed by atoms with Gasteiger partial charge in [0.05, 0.1) is 17.9 Å². The highest BCUT2D eigenvalue weighted by molar-refractivity contribution is 7.17. The van der Waals surface area contributed by atoms with Crippen LogP contribution in [-0.2, 0) is 4.79 Å². The van der Waals surface area contributed by atoms with Gasteiger partial charge in [0.2, 0.25) is 0 Å². The Morgan fingerprint density at radius 1 is 1.34 bits per heavy atom. The zero-order valence-electron chi connectivity index (χ0n) is 19.0. The van der Waals surface area contributed by atoms with Crippen LogP contribution in [0.1, 0.15) is 28.2 Å². The van der Waals surface area contributed by atoms with Crippen molar-refractivity contribution in [3.05, 3.63) is 28.8 Å². The van der Waals surface area contributed by atoms with Crippen LogP contribution in [0.15, 0.2) is 18.2 Å². The number of thiazole rings is 1. The van der Waals surface area contributed by atoms with Crippen molar-refractivity contribution in [2.45, 2.75) is 25.8 Å².